The molecule has 146 valence electrons. The quantitative estimate of drug-likeness (QED) is 0.350. The van der Waals surface area contributed by atoms with Crippen LogP contribution in [0.15, 0.2) is 77.7 Å². The predicted molar refractivity (Wildman–Crippen MR) is 113 cm³/mol. The van der Waals surface area contributed by atoms with Crippen LogP contribution in [0.25, 0.3) is 22.0 Å². The number of nitrogens with zero attached hydrogens (tertiary/aromatic N) is 2. The van der Waals surface area contributed by atoms with Gasteiger partial charge in [0.1, 0.15) is 0 Å². The van der Waals surface area contributed by atoms with E-state index in [9.17, 15) is 18.5 Å². The van der Waals surface area contributed by atoms with Gasteiger partial charge < -0.3 is 0 Å². The Labute approximate surface area is 168 Å². The van der Waals surface area contributed by atoms with E-state index in [0.29, 0.717) is 22.2 Å². The Kier molecular flexibility index (Phi) is 4.47. The molecule has 0 aliphatic carbocycles. The van der Waals surface area contributed by atoms with Crippen LogP contribution in [0.5, 0.6) is 0 Å². The molecule has 0 saturated carbocycles. The highest BCUT2D eigenvalue weighted by Crippen LogP contribution is 2.38. The molecule has 0 spiro atoms. The van der Waals surface area contributed by atoms with Crippen molar-refractivity contribution in [3.8, 4) is 11.1 Å². The van der Waals surface area contributed by atoms with Gasteiger partial charge in [0.05, 0.1) is 15.3 Å². The Bertz CT molecular complexity index is 1340. The lowest BCUT2D eigenvalue weighted by Crippen LogP contribution is -2.14. The van der Waals surface area contributed by atoms with E-state index < -0.39 is 14.9 Å². The van der Waals surface area contributed by atoms with E-state index >= 15 is 0 Å². The molecule has 1 aromatic heterocycles. The van der Waals surface area contributed by atoms with Crippen molar-refractivity contribution in [2.75, 3.05) is 0 Å². The highest BCUT2D eigenvalue weighted by molar-refractivity contribution is 7.90. The molecule has 4 aromatic rings. The fourth-order valence-electron chi connectivity index (χ4n) is 3.59. The largest absolute Gasteiger partial charge is 0.270 e. The summed E-state index contributed by atoms with van der Waals surface area (Å²) in [6.45, 7) is 3.61. The van der Waals surface area contributed by atoms with Crippen LogP contribution in [0.4, 0.5) is 5.69 Å². The number of fused-ring (bicyclic) bond motifs is 1. The second-order valence-corrected chi connectivity index (χ2v) is 8.65. The van der Waals surface area contributed by atoms with Crippen molar-refractivity contribution in [3.63, 3.8) is 0 Å². The van der Waals surface area contributed by atoms with Gasteiger partial charge in [0, 0.05) is 28.8 Å². The zero-order chi connectivity index (χ0) is 20.8. The van der Waals surface area contributed by atoms with Crippen LogP contribution in [0.2, 0.25) is 0 Å². The third-order valence-corrected chi connectivity index (χ3v) is 6.79. The van der Waals surface area contributed by atoms with Crippen LogP contribution in [0, 0.1) is 24.0 Å². The number of nitro groups is 1. The molecule has 1 heterocycles. The van der Waals surface area contributed by atoms with E-state index in [1.165, 1.54) is 22.2 Å². The van der Waals surface area contributed by atoms with Crippen LogP contribution < -0.4 is 0 Å². The van der Waals surface area contributed by atoms with E-state index in [1.807, 2.05) is 37.3 Å². The summed E-state index contributed by atoms with van der Waals surface area (Å²) in [7, 11) is -3.89. The summed E-state index contributed by atoms with van der Waals surface area (Å²) in [5.41, 5.74) is 3.26. The molecule has 7 heteroatoms. The van der Waals surface area contributed by atoms with Crippen molar-refractivity contribution in [3.05, 3.63) is 94.2 Å². The van der Waals surface area contributed by atoms with Gasteiger partial charge in [-0.05, 0) is 37.6 Å². The van der Waals surface area contributed by atoms with Gasteiger partial charge in [-0.3, -0.25) is 10.1 Å². The zero-order valence-electron chi connectivity index (χ0n) is 15.9. The third kappa shape index (κ3) is 3.09. The maximum atomic E-state index is 13.5. The van der Waals surface area contributed by atoms with E-state index in [-0.39, 0.29) is 10.6 Å². The Morgan fingerprint density at radius 2 is 1.55 bits per heavy atom. The van der Waals surface area contributed by atoms with E-state index in [0.717, 1.165) is 11.1 Å². The maximum Gasteiger partial charge on any atom is 0.270 e. The van der Waals surface area contributed by atoms with Crippen molar-refractivity contribution >= 4 is 26.6 Å². The molecule has 4 rings (SSSR count). The number of aryl methyl sites for hydroxylation is 1. The van der Waals surface area contributed by atoms with Crippen molar-refractivity contribution in [2.24, 2.45) is 0 Å². The number of benzene rings is 3. The average Bonchev–Trinajstić information content (AvgIpc) is 3.00. The van der Waals surface area contributed by atoms with Gasteiger partial charge in [-0.25, -0.2) is 12.4 Å². The highest BCUT2D eigenvalue weighted by atomic mass is 32.2. The zero-order valence-corrected chi connectivity index (χ0v) is 16.7. The molecule has 6 nitrogen and oxygen atoms in total. The van der Waals surface area contributed by atoms with Gasteiger partial charge in [0.2, 0.25) is 0 Å². The first-order valence-corrected chi connectivity index (χ1v) is 10.4. The fourth-order valence-corrected chi connectivity index (χ4v) is 5.15. The Morgan fingerprint density at radius 1 is 0.897 bits per heavy atom. The number of aromatic nitrogens is 1. The molecule has 0 amide bonds. The first-order valence-electron chi connectivity index (χ1n) is 8.98. The molecule has 29 heavy (non-hydrogen) atoms. The lowest BCUT2D eigenvalue weighted by Gasteiger charge is -2.11. The summed E-state index contributed by atoms with van der Waals surface area (Å²) < 4.78 is 28.2. The minimum Gasteiger partial charge on any atom is -0.258 e. The molecule has 3 aromatic carbocycles. The number of hydrogen-bond donors (Lipinski definition) is 0. The van der Waals surface area contributed by atoms with E-state index in [4.69, 9.17) is 0 Å². The van der Waals surface area contributed by atoms with Gasteiger partial charge in [-0.1, -0.05) is 48.0 Å². The molecule has 0 saturated heterocycles. The standard InChI is InChI=1S/C22H18N2O4S/c1-15-8-11-19(12-9-15)29(27,28)23-16(2)22(17-6-4-3-5-7-17)20-14-18(24(25)26)10-13-21(20)23/h3-14H,1-2H3. The average molecular weight is 406 g/mol. The second-order valence-electron chi connectivity index (χ2n) is 6.87. The number of non-ortho nitro benzene ring substituents is 1. The monoisotopic (exact) mass is 406 g/mol. The lowest BCUT2D eigenvalue weighted by molar-refractivity contribution is -0.384. The molecular weight excluding hydrogens is 388 g/mol. The van der Waals surface area contributed by atoms with Gasteiger partial charge in [0.25, 0.3) is 15.7 Å². The molecular formula is C22H18N2O4S. The van der Waals surface area contributed by atoms with E-state index in [1.54, 1.807) is 31.2 Å². The molecule has 0 N–H and O–H groups in total. The lowest BCUT2D eigenvalue weighted by atomic mass is 10.0. The smallest absolute Gasteiger partial charge is 0.258 e. The first-order chi connectivity index (χ1) is 13.8. The predicted octanol–water partition coefficient (Wildman–Crippen LogP) is 5.07. The SMILES string of the molecule is Cc1ccc(S(=O)(=O)n2c(C)c(-c3ccccc3)c3cc([N+](=O)[O-])ccc32)cc1. The van der Waals surface area contributed by atoms with Gasteiger partial charge >= 0.3 is 0 Å². The summed E-state index contributed by atoms with van der Waals surface area (Å²) in [4.78, 5) is 11.0. The molecule has 0 aliphatic rings. The number of nitro benzene ring substituents is 1. The van der Waals surface area contributed by atoms with Crippen molar-refractivity contribution in [1.29, 1.82) is 0 Å². The van der Waals surface area contributed by atoms with Crippen molar-refractivity contribution in [2.45, 2.75) is 18.7 Å². The molecule has 0 fully saturated rings. The Morgan fingerprint density at radius 3 is 2.17 bits per heavy atom. The number of hydrogen-bond acceptors (Lipinski definition) is 4. The van der Waals surface area contributed by atoms with Crippen LogP contribution >= 0.6 is 0 Å². The van der Waals surface area contributed by atoms with Gasteiger partial charge in [-0.15, -0.1) is 0 Å². The van der Waals surface area contributed by atoms with Crippen LogP contribution in [0.3, 0.4) is 0 Å². The maximum absolute atomic E-state index is 13.5. The second kappa shape index (κ2) is 6.86. The normalized spacial score (nSPS) is 11.7. The molecule has 0 atom stereocenters. The Balaban J connectivity index is 2.09. The Hall–Kier alpha value is -3.45. The summed E-state index contributed by atoms with van der Waals surface area (Å²) >= 11 is 0. The van der Waals surface area contributed by atoms with Gasteiger partial charge in [-0.2, -0.15) is 0 Å². The van der Waals surface area contributed by atoms with Crippen LogP contribution in [0.1, 0.15) is 11.3 Å². The van der Waals surface area contributed by atoms with Crippen molar-refractivity contribution < 1.29 is 13.3 Å². The topological polar surface area (TPSA) is 82.2 Å². The highest BCUT2D eigenvalue weighted by Gasteiger charge is 2.26. The summed E-state index contributed by atoms with van der Waals surface area (Å²) in [6.07, 6.45) is 0. The van der Waals surface area contributed by atoms with Crippen molar-refractivity contribution in [1.82, 2.24) is 3.97 Å². The van der Waals surface area contributed by atoms with Gasteiger partial charge in [0.15, 0.2) is 0 Å². The third-order valence-electron chi connectivity index (χ3n) is 4.97. The molecule has 0 unspecified atom stereocenters. The molecule has 0 aliphatic heterocycles. The number of rotatable bonds is 4. The summed E-state index contributed by atoms with van der Waals surface area (Å²) in [5.74, 6) is 0. The fraction of sp³-hybridized carbons (Fsp3) is 0.0909. The first kappa shape index (κ1) is 18.9. The summed E-state index contributed by atoms with van der Waals surface area (Å²) in [6, 6.07) is 20.2. The summed E-state index contributed by atoms with van der Waals surface area (Å²) in [5, 5.41) is 11.8. The minimum atomic E-state index is -3.89. The van der Waals surface area contributed by atoms with Crippen LogP contribution in [-0.4, -0.2) is 17.3 Å². The minimum absolute atomic E-state index is 0.0837. The molecule has 0 radical (unpaired) electrons. The van der Waals surface area contributed by atoms with Crippen LogP contribution in [-0.2, 0) is 10.0 Å². The molecule has 0 bridgehead atoms. The van der Waals surface area contributed by atoms with E-state index in [2.05, 4.69) is 0 Å².